The molecule has 0 spiro atoms. The lowest BCUT2D eigenvalue weighted by Crippen LogP contribution is -2.37. The van der Waals surface area contributed by atoms with Gasteiger partial charge in [-0.1, -0.05) is 18.2 Å². The zero-order valence-electron chi connectivity index (χ0n) is 12.5. The van der Waals surface area contributed by atoms with Gasteiger partial charge in [-0.2, -0.15) is 5.10 Å². The Morgan fingerprint density at radius 3 is 2.76 bits per heavy atom. The van der Waals surface area contributed by atoms with Gasteiger partial charge >= 0.3 is 0 Å². The Morgan fingerprint density at radius 2 is 2.10 bits per heavy atom. The molecule has 2 aromatic rings. The predicted octanol–water partition coefficient (Wildman–Crippen LogP) is 2.72. The number of ether oxygens (including phenoxy) is 1. The highest BCUT2D eigenvalue weighted by atomic mass is 16.5. The van der Waals surface area contributed by atoms with Crippen LogP contribution in [0.3, 0.4) is 0 Å². The molecule has 1 heterocycles. The summed E-state index contributed by atoms with van der Waals surface area (Å²) in [6.45, 7) is 4.92. The van der Waals surface area contributed by atoms with Gasteiger partial charge in [0.15, 0.2) is 0 Å². The largest absolute Gasteiger partial charge is 0.492 e. The van der Waals surface area contributed by atoms with Gasteiger partial charge < -0.3 is 10.1 Å². The Kier molecular flexibility index (Phi) is 4.25. The standard InChI is InChI=1S/C17H23N3O/c1-15(12-21-16-6-3-2-4-7-16)18-13-17(8-9-17)14-20-11-5-10-19-20/h2-7,10-11,15,18H,8-9,12-14H2,1H3. The van der Waals surface area contributed by atoms with Crippen LogP contribution in [-0.2, 0) is 6.54 Å². The smallest absolute Gasteiger partial charge is 0.119 e. The second kappa shape index (κ2) is 6.31. The molecule has 0 bridgehead atoms. The molecule has 1 unspecified atom stereocenters. The van der Waals surface area contributed by atoms with Crippen LogP contribution in [0, 0.1) is 5.41 Å². The number of nitrogens with one attached hydrogen (secondary N) is 1. The summed E-state index contributed by atoms with van der Waals surface area (Å²) in [6, 6.07) is 12.3. The third kappa shape index (κ3) is 4.08. The molecular weight excluding hydrogens is 262 g/mol. The maximum Gasteiger partial charge on any atom is 0.119 e. The molecule has 112 valence electrons. The van der Waals surface area contributed by atoms with Gasteiger partial charge in [-0.05, 0) is 38.0 Å². The molecule has 1 fully saturated rings. The third-order valence-corrected chi connectivity index (χ3v) is 4.08. The van der Waals surface area contributed by atoms with Gasteiger partial charge in [-0.15, -0.1) is 0 Å². The quantitative estimate of drug-likeness (QED) is 0.810. The van der Waals surface area contributed by atoms with Crippen LogP contribution in [0.2, 0.25) is 0 Å². The molecule has 4 nitrogen and oxygen atoms in total. The van der Waals surface area contributed by atoms with Gasteiger partial charge in [0.25, 0.3) is 0 Å². The zero-order valence-corrected chi connectivity index (χ0v) is 12.5. The van der Waals surface area contributed by atoms with Crippen LogP contribution in [0.4, 0.5) is 0 Å². The zero-order chi connectivity index (χ0) is 14.5. The van der Waals surface area contributed by atoms with Crippen LogP contribution in [0.15, 0.2) is 48.8 Å². The molecule has 0 saturated heterocycles. The van der Waals surface area contributed by atoms with Gasteiger partial charge in [0, 0.05) is 36.9 Å². The molecular formula is C17H23N3O. The first-order chi connectivity index (χ1) is 10.3. The van der Waals surface area contributed by atoms with E-state index in [2.05, 4.69) is 17.3 Å². The molecule has 3 rings (SSSR count). The average Bonchev–Trinajstić information content (AvgIpc) is 3.08. The van der Waals surface area contributed by atoms with Crippen molar-refractivity contribution in [3.05, 3.63) is 48.8 Å². The van der Waals surface area contributed by atoms with Crippen molar-refractivity contribution >= 4 is 0 Å². The monoisotopic (exact) mass is 285 g/mol. The van der Waals surface area contributed by atoms with Crippen molar-refractivity contribution in [2.45, 2.75) is 32.4 Å². The fraction of sp³-hybridized carbons (Fsp3) is 0.471. The fourth-order valence-corrected chi connectivity index (χ4v) is 2.49. The van der Waals surface area contributed by atoms with Crippen molar-refractivity contribution in [2.24, 2.45) is 5.41 Å². The lowest BCUT2D eigenvalue weighted by atomic mass is 10.1. The van der Waals surface area contributed by atoms with Crippen molar-refractivity contribution < 1.29 is 4.74 Å². The minimum absolute atomic E-state index is 0.348. The Bertz CT molecular complexity index is 534. The molecule has 1 saturated carbocycles. The average molecular weight is 285 g/mol. The molecule has 0 aliphatic heterocycles. The first kappa shape index (κ1) is 14.1. The van der Waals surface area contributed by atoms with Crippen LogP contribution < -0.4 is 10.1 Å². The summed E-state index contributed by atoms with van der Waals surface area (Å²) < 4.78 is 7.82. The summed E-state index contributed by atoms with van der Waals surface area (Å²) in [5, 5.41) is 7.91. The van der Waals surface area contributed by atoms with Gasteiger partial charge in [-0.25, -0.2) is 0 Å². The lowest BCUT2D eigenvalue weighted by molar-refractivity contribution is 0.258. The van der Waals surface area contributed by atoms with Crippen molar-refractivity contribution in [1.29, 1.82) is 0 Å². The van der Waals surface area contributed by atoms with E-state index in [0.717, 1.165) is 18.8 Å². The SMILES string of the molecule is CC(COc1ccccc1)NCC1(Cn2cccn2)CC1. The Morgan fingerprint density at radius 1 is 1.29 bits per heavy atom. The molecule has 4 heteroatoms. The van der Waals surface area contributed by atoms with E-state index < -0.39 is 0 Å². The van der Waals surface area contributed by atoms with Crippen LogP contribution in [0.1, 0.15) is 19.8 Å². The van der Waals surface area contributed by atoms with Gasteiger partial charge in [0.05, 0.1) is 0 Å². The van der Waals surface area contributed by atoms with E-state index in [1.807, 2.05) is 53.5 Å². The van der Waals surface area contributed by atoms with Crippen LogP contribution in [0.5, 0.6) is 5.75 Å². The second-order valence-corrected chi connectivity index (χ2v) is 6.11. The number of hydrogen-bond donors (Lipinski definition) is 1. The van der Waals surface area contributed by atoms with E-state index in [1.165, 1.54) is 12.8 Å². The molecule has 1 aromatic heterocycles. The summed E-state index contributed by atoms with van der Waals surface area (Å²) in [7, 11) is 0. The molecule has 0 radical (unpaired) electrons. The number of hydrogen-bond acceptors (Lipinski definition) is 3. The Labute approximate surface area is 126 Å². The highest BCUT2D eigenvalue weighted by molar-refractivity contribution is 5.20. The summed E-state index contributed by atoms with van der Waals surface area (Å²) in [5.41, 5.74) is 0.396. The molecule has 21 heavy (non-hydrogen) atoms. The number of aromatic nitrogens is 2. The van der Waals surface area contributed by atoms with Crippen LogP contribution in [0.25, 0.3) is 0 Å². The lowest BCUT2D eigenvalue weighted by Gasteiger charge is -2.20. The molecule has 1 atom stereocenters. The number of nitrogens with zero attached hydrogens (tertiary/aromatic N) is 2. The normalized spacial score (nSPS) is 17.4. The highest BCUT2D eigenvalue weighted by Crippen LogP contribution is 2.46. The van der Waals surface area contributed by atoms with Crippen LogP contribution >= 0.6 is 0 Å². The highest BCUT2D eigenvalue weighted by Gasteiger charge is 2.42. The maximum atomic E-state index is 5.78. The molecule has 1 aliphatic carbocycles. The second-order valence-electron chi connectivity index (χ2n) is 6.11. The van der Waals surface area contributed by atoms with E-state index in [1.54, 1.807) is 0 Å². The van der Waals surface area contributed by atoms with Gasteiger partial charge in [0.1, 0.15) is 12.4 Å². The van der Waals surface area contributed by atoms with E-state index in [4.69, 9.17) is 4.74 Å². The Balaban J connectivity index is 1.40. The van der Waals surface area contributed by atoms with Crippen molar-refractivity contribution in [2.75, 3.05) is 13.2 Å². The minimum atomic E-state index is 0.348. The van der Waals surface area contributed by atoms with Crippen LogP contribution in [-0.4, -0.2) is 29.0 Å². The summed E-state index contributed by atoms with van der Waals surface area (Å²) in [4.78, 5) is 0. The molecule has 1 aliphatic rings. The van der Waals surface area contributed by atoms with E-state index >= 15 is 0 Å². The summed E-state index contributed by atoms with van der Waals surface area (Å²) in [5.74, 6) is 0.934. The van der Waals surface area contributed by atoms with Gasteiger partial charge in [-0.3, -0.25) is 4.68 Å². The number of benzene rings is 1. The number of para-hydroxylation sites is 1. The molecule has 1 aromatic carbocycles. The first-order valence-electron chi connectivity index (χ1n) is 7.64. The summed E-state index contributed by atoms with van der Waals surface area (Å²) >= 11 is 0. The van der Waals surface area contributed by atoms with E-state index in [9.17, 15) is 0 Å². The third-order valence-electron chi connectivity index (χ3n) is 4.08. The van der Waals surface area contributed by atoms with E-state index in [-0.39, 0.29) is 0 Å². The Hall–Kier alpha value is -1.81. The predicted molar refractivity (Wildman–Crippen MR) is 83.3 cm³/mol. The van der Waals surface area contributed by atoms with E-state index in [0.29, 0.717) is 18.1 Å². The minimum Gasteiger partial charge on any atom is -0.492 e. The topological polar surface area (TPSA) is 39.1 Å². The fourth-order valence-electron chi connectivity index (χ4n) is 2.49. The molecule has 1 N–H and O–H groups in total. The molecule has 0 amide bonds. The summed E-state index contributed by atoms with van der Waals surface area (Å²) in [6.07, 6.45) is 6.46. The van der Waals surface area contributed by atoms with Gasteiger partial charge in [0.2, 0.25) is 0 Å². The maximum absolute atomic E-state index is 5.78. The first-order valence-corrected chi connectivity index (χ1v) is 7.64. The van der Waals surface area contributed by atoms with Crippen molar-refractivity contribution in [3.8, 4) is 5.75 Å². The van der Waals surface area contributed by atoms with Crippen molar-refractivity contribution in [1.82, 2.24) is 15.1 Å². The number of rotatable bonds is 8. The van der Waals surface area contributed by atoms with Crippen molar-refractivity contribution in [3.63, 3.8) is 0 Å².